The Morgan fingerprint density at radius 1 is 1.19 bits per heavy atom. The molecule has 0 atom stereocenters. The summed E-state index contributed by atoms with van der Waals surface area (Å²) in [5.41, 5.74) is 1.38. The zero-order valence-corrected chi connectivity index (χ0v) is 11.0. The Labute approximate surface area is 99.7 Å². The maximum absolute atomic E-state index is 4.49. The van der Waals surface area contributed by atoms with E-state index in [0.29, 0.717) is 5.92 Å². The summed E-state index contributed by atoms with van der Waals surface area (Å²) in [5.74, 6) is 1.71. The molecule has 0 fully saturated rings. The van der Waals surface area contributed by atoms with Crippen molar-refractivity contribution in [3.05, 3.63) is 23.9 Å². The smallest absolute Gasteiger partial charge is 0.128 e. The first kappa shape index (κ1) is 13.0. The zero-order chi connectivity index (χ0) is 12.0. The molecule has 90 valence electrons. The van der Waals surface area contributed by atoms with Gasteiger partial charge in [0.05, 0.1) is 0 Å². The second-order valence-corrected chi connectivity index (χ2v) is 4.59. The molecule has 0 saturated heterocycles. The second-order valence-electron chi connectivity index (χ2n) is 4.59. The van der Waals surface area contributed by atoms with Gasteiger partial charge in [-0.15, -0.1) is 0 Å². The van der Waals surface area contributed by atoms with Crippen LogP contribution in [0.3, 0.4) is 0 Å². The molecule has 0 unspecified atom stereocenters. The van der Waals surface area contributed by atoms with Gasteiger partial charge in [0.15, 0.2) is 0 Å². The van der Waals surface area contributed by atoms with E-state index < -0.39 is 0 Å². The Morgan fingerprint density at radius 3 is 2.31 bits per heavy atom. The highest BCUT2D eigenvalue weighted by Crippen LogP contribution is 2.19. The molecule has 16 heavy (non-hydrogen) atoms. The van der Waals surface area contributed by atoms with Crippen molar-refractivity contribution in [3.63, 3.8) is 0 Å². The fourth-order valence-corrected chi connectivity index (χ4v) is 1.85. The molecule has 1 heterocycles. The fourth-order valence-electron chi connectivity index (χ4n) is 1.85. The summed E-state index contributed by atoms with van der Waals surface area (Å²) < 4.78 is 0. The van der Waals surface area contributed by atoms with E-state index >= 15 is 0 Å². The molecule has 1 rings (SSSR count). The average Bonchev–Trinajstić information content (AvgIpc) is 2.29. The minimum atomic E-state index is 0.576. The maximum Gasteiger partial charge on any atom is 0.128 e. The number of anilines is 1. The summed E-state index contributed by atoms with van der Waals surface area (Å²) >= 11 is 0. The van der Waals surface area contributed by atoms with Gasteiger partial charge in [-0.05, 0) is 36.5 Å². The van der Waals surface area contributed by atoms with E-state index in [0.717, 1.165) is 18.9 Å². The molecule has 0 aliphatic rings. The van der Waals surface area contributed by atoms with Crippen molar-refractivity contribution in [2.75, 3.05) is 18.0 Å². The summed E-state index contributed by atoms with van der Waals surface area (Å²) in [7, 11) is 0. The normalized spacial score (nSPS) is 10.8. The third kappa shape index (κ3) is 3.51. The molecule has 1 aromatic rings. The van der Waals surface area contributed by atoms with Crippen molar-refractivity contribution >= 4 is 5.82 Å². The van der Waals surface area contributed by atoms with Crippen LogP contribution in [0, 0.1) is 0 Å². The van der Waals surface area contributed by atoms with Crippen molar-refractivity contribution < 1.29 is 0 Å². The van der Waals surface area contributed by atoms with Gasteiger partial charge in [0.25, 0.3) is 0 Å². The van der Waals surface area contributed by atoms with Gasteiger partial charge in [0, 0.05) is 19.3 Å². The number of rotatable bonds is 6. The van der Waals surface area contributed by atoms with Crippen LogP contribution < -0.4 is 4.90 Å². The Bertz CT molecular complexity index is 301. The summed E-state index contributed by atoms with van der Waals surface area (Å²) in [6, 6.07) is 4.35. The topological polar surface area (TPSA) is 16.1 Å². The van der Waals surface area contributed by atoms with E-state index in [9.17, 15) is 0 Å². The van der Waals surface area contributed by atoms with E-state index in [-0.39, 0.29) is 0 Å². The summed E-state index contributed by atoms with van der Waals surface area (Å²) in [4.78, 5) is 6.87. The minimum Gasteiger partial charge on any atom is -0.357 e. The van der Waals surface area contributed by atoms with Crippen molar-refractivity contribution in [1.82, 2.24) is 4.98 Å². The SMILES string of the molecule is CCCN(CCC)c1cc(C(C)C)ccn1. The van der Waals surface area contributed by atoms with Crippen molar-refractivity contribution in [2.45, 2.75) is 46.5 Å². The third-order valence-corrected chi connectivity index (χ3v) is 2.75. The van der Waals surface area contributed by atoms with Crippen LogP contribution >= 0.6 is 0 Å². The van der Waals surface area contributed by atoms with Gasteiger partial charge in [0.1, 0.15) is 5.82 Å². The Kier molecular flexibility index (Phi) is 5.30. The molecular formula is C14H24N2. The average molecular weight is 220 g/mol. The van der Waals surface area contributed by atoms with Gasteiger partial charge in [0.2, 0.25) is 0 Å². The lowest BCUT2D eigenvalue weighted by atomic mass is 10.1. The lowest BCUT2D eigenvalue weighted by molar-refractivity contribution is 0.731. The first-order valence-corrected chi connectivity index (χ1v) is 6.39. The van der Waals surface area contributed by atoms with E-state index in [1.165, 1.54) is 18.4 Å². The standard InChI is InChI=1S/C14H24N2/c1-5-9-16(10-6-2)14-11-13(12(3)4)7-8-15-14/h7-8,11-12H,5-6,9-10H2,1-4H3. The van der Waals surface area contributed by atoms with Crippen molar-refractivity contribution in [3.8, 4) is 0 Å². The van der Waals surface area contributed by atoms with Crippen LogP contribution in [-0.4, -0.2) is 18.1 Å². The highest BCUT2D eigenvalue weighted by molar-refractivity contribution is 5.41. The Hall–Kier alpha value is -1.05. The molecule has 0 amide bonds. The molecule has 0 radical (unpaired) electrons. The van der Waals surface area contributed by atoms with Crippen molar-refractivity contribution in [1.29, 1.82) is 0 Å². The molecule has 0 spiro atoms. The molecule has 0 N–H and O–H groups in total. The maximum atomic E-state index is 4.49. The van der Waals surface area contributed by atoms with Crippen LogP contribution in [0.5, 0.6) is 0 Å². The molecule has 0 aliphatic carbocycles. The van der Waals surface area contributed by atoms with Gasteiger partial charge >= 0.3 is 0 Å². The summed E-state index contributed by atoms with van der Waals surface area (Å²) in [5, 5.41) is 0. The van der Waals surface area contributed by atoms with Crippen molar-refractivity contribution in [2.24, 2.45) is 0 Å². The van der Waals surface area contributed by atoms with Gasteiger partial charge < -0.3 is 4.90 Å². The van der Waals surface area contributed by atoms with Gasteiger partial charge in [-0.3, -0.25) is 0 Å². The molecule has 2 heteroatoms. The molecular weight excluding hydrogens is 196 g/mol. The monoisotopic (exact) mass is 220 g/mol. The number of pyridine rings is 1. The van der Waals surface area contributed by atoms with Crippen LogP contribution in [0.4, 0.5) is 5.82 Å². The number of hydrogen-bond donors (Lipinski definition) is 0. The molecule has 0 aliphatic heterocycles. The quantitative estimate of drug-likeness (QED) is 0.724. The number of aromatic nitrogens is 1. The van der Waals surface area contributed by atoms with Crippen LogP contribution in [0.25, 0.3) is 0 Å². The van der Waals surface area contributed by atoms with E-state index in [4.69, 9.17) is 0 Å². The summed E-state index contributed by atoms with van der Waals surface area (Å²) in [6.45, 7) is 11.1. The van der Waals surface area contributed by atoms with Gasteiger partial charge in [-0.25, -0.2) is 4.98 Å². The van der Waals surface area contributed by atoms with E-state index in [2.05, 4.69) is 49.7 Å². The molecule has 1 aromatic heterocycles. The first-order chi connectivity index (χ1) is 7.69. The molecule has 0 saturated carbocycles. The number of hydrogen-bond acceptors (Lipinski definition) is 2. The lowest BCUT2D eigenvalue weighted by Gasteiger charge is -2.23. The first-order valence-electron chi connectivity index (χ1n) is 6.39. The van der Waals surface area contributed by atoms with Crippen LogP contribution in [-0.2, 0) is 0 Å². The fraction of sp³-hybridized carbons (Fsp3) is 0.643. The highest BCUT2D eigenvalue weighted by Gasteiger charge is 2.07. The van der Waals surface area contributed by atoms with E-state index in [1.54, 1.807) is 0 Å². The zero-order valence-electron chi connectivity index (χ0n) is 11.0. The predicted molar refractivity (Wildman–Crippen MR) is 71.1 cm³/mol. The molecule has 2 nitrogen and oxygen atoms in total. The van der Waals surface area contributed by atoms with Gasteiger partial charge in [-0.1, -0.05) is 27.7 Å². The van der Waals surface area contributed by atoms with Crippen LogP contribution in [0.2, 0.25) is 0 Å². The number of nitrogens with zero attached hydrogens (tertiary/aromatic N) is 2. The largest absolute Gasteiger partial charge is 0.357 e. The highest BCUT2D eigenvalue weighted by atomic mass is 15.2. The minimum absolute atomic E-state index is 0.576. The summed E-state index contributed by atoms with van der Waals surface area (Å²) in [6.07, 6.45) is 4.28. The van der Waals surface area contributed by atoms with E-state index in [1.807, 2.05) is 6.20 Å². The third-order valence-electron chi connectivity index (χ3n) is 2.75. The molecule has 0 bridgehead atoms. The Balaban J connectivity index is 2.86. The van der Waals surface area contributed by atoms with Gasteiger partial charge in [-0.2, -0.15) is 0 Å². The Morgan fingerprint density at radius 2 is 1.81 bits per heavy atom. The van der Waals surface area contributed by atoms with Crippen LogP contribution in [0.1, 0.15) is 52.0 Å². The van der Waals surface area contributed by atoms with Crippen LogP contribution in [0.15, 0.2) is 18.3 Å². The predicted octanol–water partition coefficient (Wildman–Crippen LogP) is 3.83. The second kappa shape index (κ2) is 6.51. The molecule has 0 aromatic carbocycles. The lowest BCUT2D eigenvalue weighted by Crippen LogP contribution is -2.25.